The largest absolute Gasteiger partial charge is 0.465 e. The van der Waals surface area contributed by atoms with Crippen molar-refractivity contribution in [2.45, 2.75) is 18.5 Å². The van der Waals surface area contributed by atoms with E-state index < -0.39 is 6.09 Å². The summed E-state index contributed by atoms with van der Waals surface area (Å²) in [5.41, 5.74) is 2.25. The van der Waals surface area contributed by atoms with Gasteiger partial charge in [0.1, 0.15) is 10.4 Å². The number of likely N-dealkylation sites (tertiary alicyclic amines) is 1. The predicted octanol–water partition coefficient (Wildman–Crippen LogP) is 3.00. The summed E-state index contributed by atoms with van der Waals surface area (Å²) < 4.78 is 2.51. The Hall–Kier alpha value is -3.12. The molecule has 8 nitrogen and oxygen atoms in total. The van der Waals surface area contributed by atoms with Crippen molar-refractivity contribution >= 4 is 38.7 Å². The monoisotopic (exact) mass is 438 g/mol. The maximum atomic E-state index is 11.3. The number of rotatable bonds is 2. The lowest BCUT2D eigenvalue weighted by Crippen LogP contribution is -2.48. The molecule has 2 aliphatic rings. The number of fused-ring (bicyclic) bond motifs is 3. The van der Waals surface area contributed by atoms with Crippen LogP contribution in [-0.4, -0.2) is 56.0 Å². The normalized spacial score (nSPS) is 20.7. The van der Waals surface area contributed by atoms with E-state index in [1.807, 2.05) is 24.3 Å². The summed E-state index contributed by atoms with van der Waals surface area (Å²) in [5.74, 6) is 0.811. The van der Waals surface area contributed by atoms with Crippen LogP contribution in [0.1, 0.15) is 12.0 Å². The van der Waals surface area contributed by atoms with Crippen LogP contribution >= 0.6 is 15.9 Å². The SMILES string of the molecule is N#Cc1ccc2c(Br)nn(-c3ccnc(N4C[C@@H]5C[C@H]4CN5C(=O)O)c3)c2c1. The number of piperazine rings is 1. The first kappa shape index (κ1) is 17.0. The summed E-state index contributed by atoms with van der Waals surface area (Å²) in [4.78, 5) is 19.5. The van der Waals surface area contributed by atoms with E-state index in [1.54, 1.807) is 16.9 Å². The van der Waals surface area contributed by atoms with Crippen molar-refractivity contribution in [3.8, 4) is 11.8 Å². The van der Waals surface area contributed by atoms with Crippen LogP contribution in [0.25, 0.3) is 16.6 Å². The van der Waals surface area contributed by atoms with Crippen LogP contribution in [-0.2, 0) is 0 Å². The molecule has 1 N–H and O–H groups in total. The lowest BCUT2D eigenvalue weighted by Gasteiger charge is -2.33. The highest BCUT2D eigenvalue weighted by Crippen LogP contribution is 2.35. The summed E-state index contributed by atoms with van der Waals surface area (Å²) >= 11 is 3.49. The molecule has 0 aliphatic carbocycles. The summed E-state index contributed by atoms with van der Waals surface area (Å²) in [6.45, 7) is 1.16. The number of benzene rings is 1. The summed E-state index contributed by atoms with van der Waals surface area (Å²) in [5, 5.41) is 24.0. The van der Waals surface area contributed by atoms with Crippen molar-refractivity contribution in [3.63, 3.8) is 0 Å². The van der Waals surface area contributed by atoms with E-state index in [0.717, 1.165) is 28.8 Å². The first-order valence-corrected chi connectivity index (χ1v) is 9.65. The zero-order valence-electron chi connectivity index (χ0n) is 14.7. The minimum absolute atomic E-state index is 0.0193. The molecule has 0 radical (unpaired) electrons. The highest BCUT2D eigenvalue weighted by molar-refractivity contribution is 9.10. The Morgan fingerprint density at radius 2 is 2.11 bits per heavy atom. The Balaban J connectivity index is 1.52. The Bertz CT molecular complexity index is 1150. The molecule has 2 aromatic heterocycles. The number of pyridine rings is 1. The maximum absolute atomic E-state index is 11.3. The molecule has 2 atom stereocenters. The van der Waals surface area contributed by atoms with Gasteiger partial charge in [-0.25, -0.2) is 14.5 Å². The molecular formula is C19H15BrN6O2. The van der Waals surface area contributed by atoms with Gasteiger partial charge in [0.05, 0.1) is 34.9 Å². The van der Waals surface area contributed by atoms with Crippen LogP contribution in [0.4, 0.5) is 10.6 Å². The lowest BCUT2D eigenvalue weighted by atomic mass is 10.2. The fraction of sp³-hybridized carbons (Fsp3) is 0.263. The first-order chi connectivity index (χ1) is 13.5. The Morgan fingerprint density at radius 3 is 2.82 bits per heavy atom. The molecule has 28 heavy (non-hydrogen) atoms. The number of nitriles is 1. The number of amides is 1. The first-order valence-electron chi connectivity index (χ1n) is 8.86. The highest BCUT2D eigenvalue weighted by Gasteiger charge is 2.45. The Labute approximate surface area is 168 Å². The third kappa shape index (κ3) is 2.52. The molecule has 0 spiro atoms. The van der Waals surface area contributed by atoms with Crippen LogP contribution in [0.5, 0.6) is 0 Å². The van der Waals surface area contributed by atoms with E-state index in [0.29, 0.717) is 23.3 Å². The van der Waals surface area contributed by atoms with Gasteiger partial charge in [-0.3, -0.25) is 0 Å². The molecule has 2 fully saturated rings. The number of hydrogen-bond donors (Lipinski definition) is 1. The molecule has 0 saturated carbocycles. The van der Waals surface area contributed by atoms with E-state index in [-0.39, 0.29) is 12.1 Å². The molecule has 9 heteroatoms. The minimum atomic E-state index is -0.852. The molecule has 2 bridgehead atoms. The maximum Gasteiger partial charge on any atom is 0.407 e. The Morgan fingerprint density at radius 1 is 1.25 bits per heavy atom. The van der Waals surface area contributed by atoms with E-state index in [1.165, 1.54) is 4.90 Å². The van der Waals surface area contributed by atoms with Crippen LogP contribution in [0.2, 0.25) is 0 Å². The van der Waals surface area contributed by atoms with Gasteiger partial charge in [-0.05, 0) is 46.6 Å². The quantitative estimate of drug-likeness (QED) is 0.660. The molecule has 5 rings (SSSR count). The summed E-state index contributed by atoms with van der Waals surface area (Å²) in [7, 11) is 0. The average molecular weight is 439 g/mol. The van der Waals surface area contributed by atoms with E-state index in [4.69, 9.17) is 0 Å². The van der Waals surface area contributed by atoms with Gasteiger partial charge in [-0.1, -0.05) is 0 Å². The summed E-state index contributed by atoms with van der Waals surface area (Å²) in [6.07, 6.45) is 1.72. The summed E-state index contributed by atoms with van der Waals surface area (Å²) in [6, 6.07) is 11.6. The Kier molecular flexibility index (Phi) is 3.77. The molecule has 1 aromatic carbocycles. The van der Waals surface area contributed by atoms with Gasteiger partial charge >= 0.3 is 6.09 Å². The molecule has 2 saturated heterocycles. The molecule has 4 heterocycles. The van der Waals surface area contributed by atoms with Crippen LogP contribution < -0.4 is 4.90 Å². The predicted molar refractivity (Wildman–Crippen MR) is 106 cm³/mol. The zero-order chi connectivity index (χ0) is 19.4. The number of carbonyl (C=O) groups is 1. The molecule has 1 amide bonds. The fourth-order valence-electron chi connectivity index (χ4n) is 4.22. The number of carboxylic acid groups (broad SMARTS) is 1. The third-order valence-corrected chi connectivity index (χ3v) is 6.11. The van der Waals surface area contributed by atoms with Crippen molar-refractivity contribution in [1.29, 1.82) is 5.26 Å². The second-order valence-electron chi connectivity index (χ2n) is 7.05. The molecule has 0 unspecified atom stereocenters. The van der Waals surface area contributed by atoms with Crippen molar-refractivity contribution in [3.05, 3.63) is 46.7 Å². The second-order valence-corrected chi connectivity index (χ2v) is 7.80. The van der Waals surface area contributed by atoms with Gasteiger partial charge in [-0.2, -0.15) is 10.4 Å². The topological polar surface area (TPSA) is 98.3 Å². The zero-order valence-corrected chi connectivity index (χ0v) is 16.2. The van der Waals surface area contributed by atoms with Crippen molar-refractivity contribution in [1.82, 2.24) is 19.7 Å². The van der Waals surface area contributed by atoms with E-state index >= 15 is 0 Å². The highest BCUT2D eigenvalue weighted by atomic mass is 79.9. The van der Waals surface area contributed by atoms with E-state index in [9.17, 15) is 15.2 Å². The number of nitrogens with zero attached hydrogens (tertiary/aromatic N) is 6. The lowest BCUT2D eigenvalue weighted by molar-refractivity contribution is 0.137. The van der Waals surface area contributed by atoms with Crippen LogP contribution in [0, 0.1) is 11.3 Å². The van der Waals surface area contributed by atoms with Gasteiger partial charge in [-0.15, -0.1) is 0 Å². The third-order valence-electron chi connectivity index (χ3n) is 5.52. The smallest absolute Gasteiger partial charge is 0.407 e. The van der Waals surface area contributed by atoms with Crippen molar-refractivity contribution in [2.75, 3.05) is 18.0 Å². The molecule has 2 aliphatic heterocycles. The fourth-order valence-corrected chi connectivity index (χ4v) is 4.72. The van der Waals surface area contributed by atoms with Crippen LogP contribution in [0.15, 0.2) is 41.1 Å². The van der Waals surface area contributed by atoms with Crippen LogP contribution in [0.3, 0.4) is 0 Å². The van der Waals surface area contributed by atoms with Gasteiger partial charge in [0.2, 0.25) is 0 Å². The van der Waals surface area contributed by atoms with Crippen molar-refractivity contribution < 1.29 is 9.90 Å². The molecule has 140 valence electrons. The van der Waals surface area contributed by atoms with Gasteiger partial charge in [0.25, 0.3) is 0 Å². The molecule has 3 aromatic rings. The standard InChI is InChI=1S/C19H15BrN6O2/c20-18-15-2-1-11(8-21)5-16(15)26(23-18)12-3-4-22-17(7-12)24-9-14-6-13(24)10-25(14)19(27)28/h1-5,7,13-14H,6,9-10H2,(H,27,28)/t13-,14-/m0/s1. The second kappa shape index (κ2) is 6.21. The average Bonchev–Trinajstić information content (AvgIpc) is 3.40. The van der Waals surface area contributed by atoms with Gasteiger partial charge in [0.15, 0.2) is 0 Å². The van der Waals surface area contributed by atoms with E-state index in [2.05, 4.69) is 37.0 Å². The molecular weight excluding hydrogens is 424 g/mol. The number of hydrogen-bond acceptors (Lipinski definition) is 5. The number of halogens is 1. The number of anilines is 1. The number of aromatic nitrogens is 3. The minimum Gasteiger partial charge on any atom is -0.465 e. The van der Waals surface area contributed by atoms with Crippen molar-refractivity contribution in [2.24, 2.45) is 0 Å². The van der Waals surface area contributed by atoms with Gasteiger partial charge in [0, 0.05) is 30.7 Å². The van der Waals surface area contributed by atoms with Gasteiger partial charge < -0.3 is 14.9 Å².